The molecule has 0 fully saturated rings. The molecule has 41 heavy (non-hydrogen) atoms. The first kappa shape index (κ1) is 33.2. The number of benzene rings is 1. The maximum Gasteiger partial charge on any atom is 0.490 e. The number of halogens is 7. The number of hydrogen-bond donors (Lipinski definition) is 2. The Balaban J connectivity index is 0.000000349. The summed E-state index contributed by atoms with van der Waals surface area (Å²) in [6.07, 6.45) is -4.29. The van der Waals surface area contributed by atoms with Gasteiger partial charge in [0, 0.05) is 51.3 Å². The number of aliphatic carboxylic acids is 2. The van der Waals surface area contributed by atoms with Crippen LogP contribution in [0.2, 0.25) is 0 Å². The summed E-state index contributed by atoms with van der Waals surface area (Å²) in [6.45, 7) is 5.23. The van der Waals surface area contributed by atoms with Crippen molar-refractivity contribution in [1.82, 2.24) is 24.3 Å². The van der Waals surface area contributed by atoms with E-state index in [1.807, 2.05) is 24.4 Å². The molecular weight excluding hydrogens is 567 g/mol. The number of fused-ring (bicyclic) bond motifs is 1. The number of alkyl halides is 6. The van der Waals surface area contributed by atoms with Gasteiger partial charge in [0.15, 0.2) is 0 Å². The predicted molar refractivity (Wildman–Crippen MR) is 130 cm³/mol. The molecule has 2 aromatic heterocycles. The standard InChI is InChI=1S/C21H24FN5.2C2HF3O2/c1-25(12-18-3-2-8-23-11-18)14-20-15-27-10-9-26(16-21(27)24-20)13-17-4-6-19(22)7-5-17;2*3-2(4,5)1(6)7/h2-8,11,15H,9-10,12-14,16H2,1H3;2*(H,6,7). The highest BCUT2D eigenvalue weighted by molar-refractivity contribution is 5.73. The predicted octanol–water partition coefficient (Wildman–Crippen LogP) is 4.33. The molecule has 0 saturated carbocycles. The van der Waals surface area contributed by atoms with Gasteiger partial charge in [-0.1, -0.05) is 18.2 Å². The van der Waals surface area contributed by atoms with E-state index in [0.717, 1.165) is 56.4 Å². The summed E-state index contributed by atoms with van der Waals surface area (Å²) in [7, 11) is 2.10. The Morgan fingerprint density at radius 3 is 2.02 bits per heavy atom. The van der Waals surface area contributed by atoms with Crippen LogP contribution >= 0.6 is 0 Å². The quantitative estimate of drug-likeness (QED) is 0.407. The largest absolute Gasteiger partial charge is 0.490 e. The molecule has 2 N–H and O–H groups in total. The fourth-order valence-corrected chi connectivity index (χ4v) is 3.56. The van der Waals surface area contributed by atoms with Crippen LogP contribution < -0.4 is 0 Å². The highest BCUT2D eigenvalue weighted by atomic mass is 19.4. The molecule has 16 heteroatoms. The molecule has 9 nitrogen and oxygen atoms in total. The van der Waals surface area contributed by atoms with E-state index in [0.29, 0.717) is 0 Å². The Labute approximate surface area is 229 Å². The second kappa shape index (κ2) is 14.5. The number of rotatable bonds is 6. The number of imidazole rings is 1. The van der Waals surface area contributed by atoms with Crippen molar-refractivity contribution in [2.45, 2.75) is 45.1 Å². The van der Waals surface area contributed by atoms with Gasteiger partial charge in [0.2, 0.25) is 0 Å². The zero-order valence-electron chi connectivity index (χ0n) is 21.5. The minimum Gasteiger partial charge on any atom is -0.475 e. The molecule has 0 bridgehead atoms. The molecule has 1 aliphatic rings. The molecule has 1 aliphatic heterocycles. The van der Waals surface area contributed by atoms with Gasteiger partial charge in [-0.05, 0) is 36.4 Å². The molecule has 3 heterocycles. The highest BCUT2D eigenvalue weighted by Gasteiger charge is 2.38. The number of carbonyl (C=O) groups is 2. The van der Waals surface area contributed by atoms with E-state index in [-0.39, 0.29) is 5.82 Å². The number of aromatic nitrogens is 3. The van der Waals surface area contributed by atoms with Crippen molar-refractivity contribution in [3.8, 4) is 0 Å². The second-order valence-corrected chi connectivity index (χ2v) is 8.82. The maximum absolute atomic E-state index is 13.1. The molecule has 0 spiro atoms. The average molecular weight is 594 g/mol. The van der Waals surface area contributed by atoms with Crippen LogP contribution in [0.5, 0.6) is 0 Å². The lowest BCUT2D eigenvalue weighted by molar-refractivity contribution is -0.193. The Morgan fingerprint density at radius 1 is 0.927 bits per heavy atom. The zero-order valence-corrected chi connectivity index (χ0v) is 21.5. The zero-order chi connectivity index (χ0) is 30.8. The van der Waals surface area contributed by atoms with Crippen molar-refractivity contribution in [3.63, 3.8) is 0 Å². The Morgan fingerprint density at radius 2 is 1.51 bits per heavy atom. The minimum atomic E-state index is -5.08. The van der Waals surface area contributed by atoms with Gasteiger partial charge in [-0.25, -0.2) is 19.0 Å². The van der Waals surface area contributed by atoms with E-state index in [1.165, 1.54) is 17.7 Å². The number of nitrogens with zero attached hydrogens (tertiary/aromatic N) is 5. The monoisotopic (exact) mass is 593 g/mol. The maximum atomic E-state index is 13.1. The molecule has 1 aromatic carbocycles. The van der Waals surface area contributed by atoms with E-state index in [4.69, 9.17) is 24.8 Å². The SMILES string of the molecule is CN(Cc1cccnc1)Cc1cn2c(n1)CN(Cc1ccc(F)cc1)CC2.O=C(O)C(F)(F)F.O=C(O)C(F)(F)F. The van der Waals surface area contributed by atoms with Gasteiger partial charge in [-0.3, -0.25) is 14.8 Å². The van der Waals surface area contributed by atoms with Gasteiger partial charge in [0.25, 0.3) is 0 Å². The van der Waals surface area contributed by atoms with E-state index in [1.54, 1.807) is 6.20 Å². The van der Waals surface area contributed by atoms with E-state index in [2.05, 4.69) is 38.7 Å². The summed E-state index contributed by atoms with van der Waals surface area (Å²) in [4.78, 5) is 31.4. The van der Waals surface area contributed by atoms with Gasteiger partial charge in [-0.15, -0.1) is 0 Å². The summed E-state index contributed by atoms with van der Waals surface area (Å²) in [5.74, 6) is -4.60. The Bertz CT molecular complexity index is 1240. The summed E-state index contributed by atoms with van der Waals surface area (Å²) in [5, 5.41) is 14.2. The summed E-state index contributed by atoms with van der Waals surface area (Å²) in [5.41, 5.74) is 3.43. The van der Waals surface area contributed by atoms with Gasteiger partial charge in [0.05, 0.1) is 12.2 Å². The van der Waals surface area contributed by atoms with Crippen molar-refractivity contribution in [1.29, 1.82) is 0 Å². The van der Waals surface area contributed by atoms with Crippen molar-refractivity contribution in [3.05, 3.63) is 83.5 Å². The second-order valence-electron chi connectivity index (χ2n) is 8.82. The van der Waals surface area contributed by atoms with E-state index >= 15 is 0 Å². The topological polar surface area (TPSA) is 112 Å². The van der Waals surface area contributed by atoms with Crippen molar-refractivity contribution in [2.24, 2.45) is 0 Å². The van der Waals surface area contributed by atoms with Crippen LogP contribution in [0.1, 0.15) is 22.6 Å². The van der Waals surface area contributed by atoms with Crippen LogP contribution in [0.3, 0.4) is 0 Å². The van der Waals surface area contributed by atoms with Gasteiger partial charge >= 0.3 is 24.3 Å². The van der Waals surface area contributed by atoms with Crippen LogP contribution in [0.25, 0.3) is 0 Å². The minimum absolute atomic E-state index is 0.187. The van der Waals surface area contributed by atoms with Crippen LogP contribution in [0.15, 0.2) is 55.0 Å². The highest BCUT2D eigenvalue weighted by Crippen LogP contribution is 2.17. The first-order chi connectivity index (χ1) is 19.0. The smallest absolute Gasteiger partial charge is 0.475 e. The molecule has 0 radical (unpaired) electrons. The third kappa shape index (κ3) is 11.9. The number of hydrogen-bond acceptors (Lipinski definition) is 6. The Kier molecular flexibility index (Phi) is 11.8. The fourth-order valence-electron chi connectivity index (χ4n) is 3.56. The Hall–Kier alpha value is -4.05. The van der Waals surface area contributed by atoms with Crippen LogP contribution in [0, 0.1) is 5.82 Å². The summed E-state index contributed by atoms with van der Waals surface area (Å²) >= 11 is 0. The van der Waals surface area contributed by atoms with Crippen molar-refractivity contribution < 1.29 is 50.5 Å². The fraction of sp³-hybridized carbons (Fsp3) is 0.360. The molecule has 0 aliphatic carbocycles. The molecule has 0 saturated heterocycles. The van der Waals surface area contributed by atoms with Crippen LogP contribution in [-0.2, 0) is 42.3 Å². The molecule has 0 atom stereocenters. The number of carboxylic acid groups (broad SMARTS) is 2. The van der Waals surface area contributed by atoms with Gasteiger partial charge in [-0.2, -0.15) is 26.3 Å². The molecule has 3 aromatic rings. The summed E-state index contributed by atoms with van der Waals surface area (Å²) < 4.78 is 78.8. The first-order valence-electron chi connectivity index (χ1n) is 11.7. The summed E-state index contributed by atoms with van der Waals surface area (Å²) in [6, 6.07) is 10.8. The van der Waals surface area contributed by atoms with Crippen molar-refractivity contribution in [2.75, 3.05) is 13.6 Å². The lowest BCUT2D eigenvalue weighted by Gasteiger charge is -2.27. The van der Waals surface area contributed by atoms with E-state index < -0.39 is 24.3 Å². The van der Waals surface area contributed by atoms with Gasteiger partial charge < -0.3 is 14.8 Å². The molecule has 4 rings (SSSR count). The number of carboxylic acids is 2. The molecule has 224 valence electrons. The first-order valence-corrected chi connectivity index (χ1v) is 11.7. The molecular formula is C25H26F7N5O4. The van der Waals surface area contributed by atoms with Crippen molar-refractivity contribution >= 4 is 11.9 Å². The molecule has 0 unspecified atom stereocenters. The number of pyridine rings is 1. The lowest BCUT2D eigenvalue weighted by Crippen LogP contribution is -2.33. The lowest BCUT2D eigenvalue weighted by atomic mass is 10.2. The van der Waals surface area contributed by atoms with Gasteiger partial charge in [0.1, 0.15) is 11.6 Å². The normalized spacial score (nSPS) is 13.4. The third-order valence-corrected chi connectivity index (χ3v) is 5.34. The molecule has 0 amide bonds. The van der Waals surface area contributed by atoms with E-state index in [9.17, 15) is 30.7 Å². The third-order valence-electron chi connectivity index (χ3n) is 5.34. The van der Waals surface area contributed by atoms with Crippen LogP contribution in [0.4, 0.5) is 30.7 Å². The van der Waals surface area contributed by atoms with Crippen LogP contribution in [-0.4, -0.2) is 72.4 Å². The average Bonchev–Trinajstić information content (AvgIpc) is 3.27.